The van der Waals surface area contributed by atoms with Gasteiger partial charge < -0.3 is 4.74 Å². The Morgan fingerprint density at radius 2 is 1.67 bits per heavy atom. The Bertz CT molecular complexity index is 1010. The lowest BCUT2D eigenvalue weighted by molar-refractivity contribution is 0.380. The van der Waals surface area contributed by atoms with Crippen LogP contribution in [0.5, 0.6) is 5.75 Å². The van der Waals surface area contributed by atoms with Crippen LogP contribution in [0.3, 0.4) is 0 Å². The van der Waals surface area contributed by atoms with Gasteiger partial charge in [0, 0.05) is 11.1 Å². The number of hydrogen-bond acceptors (Lipinski definition) is 4. The van der Waals surface area contributed by atoms with Crippen molar-refractivity contribution in [2.45, 2.75) is 62.8 Å². The summed E-state index contributed by atoms with van der Waals surface area (Å²) in [7, 11) is -2.03. The summed E-state index contributed by atoms with van der Waals surface area (Å²) in [5.74, 6) is 0.182. The standard InChI is InChI=1S/C24H30FNO3S/c1-4-6-14-24(15-7-5-2)17-30(27,28)22-13-10-19(25)16-21(22)23(26-24)18-8-11-20(29-3)12-9-18/h8-13,16H,4-7,14-15,17H2,1-3H3. The quantitative estimate of drug-likeness (QED) is 0.513. The predicted octanol–water partition coefficient (Wildman–Crippen LogP) is 5.58. The summed E-state index contributed by atoms with van der Waals surface area (Å²) in [6, 6.07) is 11.2. The minimum absolute atomic E-state index is 0.0434. The molecule has 3 rings (SSSR count). The van der Waals surface area contributed by atoms with Crippen LogP contribution >= 0.6 is 0 Å². The zero-order valence-corrected chi connectivity index (χ0v) is 18.8. The van der Waals surface area contributed by atoms with Crippen LogP contribution in [0.25, 0.3) is 0 Å². The van der Waals surface area contributed by atoms with Gasteiger partial charge in [-0.15, -0.1) is 0 Å². The van der Waals surface area contributed by atoms with Gasteiger partial charge in [-0.25, -0.2) is 12.8 Å². The van der Waals surface area contributed by atoms with Crippen LogP contribution in [0.15, 0.2) is 52.4 Å². The molecule has 1 aliphatic heterocycles. The number of methoxy groups -OCH3 is 1. The number of sulfone groups is 1. The molecule has 0 spiro atoms. The minimum atomic E-state index is -3.62. The van der Waals surface area contributed by atoms with Crippen LogP contribution < -0.4 is 4.74 Å². The average Bonchev–Trinajstić information content (AvgIpc) is 2.83. The highest BCUT2D eigenvalue weighted by Crippen LogP contribution is 2.37. The number of rotatable bonds is 8. The Labute approximate surface area is 179 Å². The van der Waals surface area contributed by atoms with E-state index >= 15 is 0 Å². The maximum atomic E-state index is 14.2. The third-order valence-corrected chi connectivity index (χ3v) is 7.64. The molecule has 0 aromatic heterocycles. The second-order valence-corrected chi connectivity index (χ2v) is 9.98. The molecule has 0 bridgehead atoms. The van der Waals surface area contributed by atoms with Gasteiger partial charge in [0.25, 0.3) is 0 Å². The van der Waals surface area contributed by atoms with Crippen LogP contribution in [0.1, 0.15) is 63.5 Å². The third-order valence-electron chi connectivity index (χ3n) is 5.69. The van der Waals surface area contributed by atoms with Crippen molar-refractivity contribution >= 4 is 15.5 Å². The van der Waals surface area contributed by atoms with Crippen molar-refractivity contribution in [2.24, 2.45) is 4.99 Å². The second-order valence-electron chi connectivity index (χ2n) is 8.02. The fourth-order valence-corrected chi connectivity index (χ4v) is 6.06. The lowest BCUT2D eigenvalue weighted by Crippen LogP contribution is -2.35. The first kappa shape index (κ1) is 22.5. The molecule has 0 N–H and O–H groups in total. The first-order chi connectivity index (χ1) is 14.3. The summed E-state index contributed by atoms with van der Waals surface area (Å²) in [5.41, 5.74) is 0.933. The first-order valence-corrected chi connectivity index (χ1v) is 12.3. The Morgan fingerprint density at radius 3 is 2.23 bits per heavy atom. The monoisotopic (exact) mass is 431 g/mol. The molecule has 1 aliphatic rings. The lowest BCUT2D eigenvalue weighted by atomic mass is 9.88. The van der Waals surface area contributed by atoms with Crippen LogP contribution in [-0.4, -0.2) is 32.5 Å². The highest BCUT2D eigenvalue weighted by molar-refractivity contribution is 7.91. The zero-order chi connectivity index (χ0) is 21.8. The summed E-state index contributed by atoms with van der Waals surface area (Å²) in [4.78, 5) is 5.28. The minimum Gasteiger partial charge on any atom is -0.497 e. The molecule has 1 heterocycles. The van der Waals surface area contributed by atoms with Crippen LogP contribution in [0, 0.1) is 5.82 Å². The molecule has 162 valence electrons. The van der Waals surface area contributed by atoms with Gasteiger partial charge in [-0.3, -0.25) is 4.99 Å². The molecule has 30 heavy (non-hydrogen) atoms. The number of unbranched alkanes of at least 4 members (excludes halogenated alkanes) is 2. The van der Waals surface area contributed by atoms with E-state index in [1.54, 1.807) is 7.11 Å². The maximum Gasteiger partial charge on any atom is 0.181 e. The van der Waals surface area contributed by atoms with E-state index in [1.807, 2.05) is 24.3 Å². The summed E-state index contributed by atoms with van der Waals surface area (Å²) < 4.78 is 46.3. The molecular formula is C24H30FNO3S. The number of benzene rings is 2. The molecule has 4 nitrogen and oxygen atoms in total. The molecule has 2 aromatic carbocycles. The summed E-state index contributed by atoms with van der Waals surface area (Å²) in [5, 5.41) is 0. The molecule has 0 unspecified atom stereocenters. The summed E-state index contributed by atoms with van der Waals surface area (Å²) >= 11 is 0. The number of hydrogen-bond donors (Lipinski definition) is 0. The highest BCUT2D eigenvalue weighted by atomic mass is 32.2. The largest absolute Gasteiger partial charge is 0.497 e. The van der Waals surface area contributed by atoms with Crippen molar-refractivity contribution in [2.75, 3.05) is 12.9 Å². The lowest BCUT2D eigenvalue weighted by Gasteiger charge is -2.29. The number of aliphatic imine (C=N–C) groups is 1. The van der Waals surface area contributed by atoms with Crippen LogP contribution in [0.4, 0.5) is 4.39 Å². The van der Waals surface area contributed by atoms with Crippen molar-refractivity contribution in [3.05, 3.63) is 59.4 Å². The zero-order valence-electron chi connectivity index (χ0n) is 17.9. The van der Waals surface area contributed by atoms with Crippen molar-refractivity contribution in [1.82, 2.24) is 0 Å². The number of nitrogens with zero attached hydrogens (tertiary/aromatic N) is 1. The molecule has 0 radical (unpaired) electrons. The van der Waals surface area contributed by atoms with E-state index in [1.165, 1.54) is 18.2 Å². The van der Waals surface area contributed by atoms with E-state index in [-0.39, 0.29) is 10.6 Å². The normalized spacial score (nSPS) is 17.0. The molecule has 0 aliphatic carbocycles. The maximum absolute atomic E-state index is 14.2. The van der Waals surface area contributed by atoms with Crippen molar-refractivity contribution in [3.8, 4) is 5.75 Å². The van der Waals surface area contributed by atoms with Crippen molar-refractivity contribution < 1.29 is 17.5 Å². The van der Waals surface area contributed by atoms with E-state index in [0.717, 1.165) is 31.2 Å². The Kier molecular flexibility index (Phi) is 6.96. The molecule has 0 amide bonds. The molecule has 2 aromatic rings. The summed E-state index contributed by atoms with van der Waals surface area (Å²) in [6.45, 7) is 4.19. The summed E-state index contributed by atoms with van der Waals surface area (Å²) in [6.07, 6.45) is 5.09. The molecule has 0 saturated heterocycles. The van der Waals surface area contributed by atoms with E-state index < -0.39 is 21.2 Å². The number of halogens is 1. The first-order valence-electron chi connectivity index (χ1n) is 10.6. The molecule has 6 heteroatoms. The fraction of sp³-hybridized carbons (Fsp3) is 0.458. The van der Waals surface area contributed by atoms with Gasteiger partial charge in [0.1, 0.15) is 11.6 Å². The van der Waals surface area contributed by atoms with Crippen LogP contribution in [-0.2, 0) is 9.84 Å². The van der Waals surface area contributed by atoms with Gasteiger partial charge in [-0.05, 0) is 55.3 Å². The smallest absolute Gasteiger partial charge is 0.181 e. The van der Waals surface area contributed by atoms with E-state index in [4.69, 9.17) is 9.73 Å². The Hall–Kier alpha value is -2.21. The van der Waals surface area contributed by atoms with Gasteiger partial charge in [0.15, 0.2) is 9.84 Å². The van der Waals surface area contributed by atoms with Gasteiger partial charge in [-0.2, -0.15) is 0 Å². The Balaban J connectivity index is 2.27. The van der Waals surface area contributed by atoms with E-state index in [9.17, 15) is 12.8 Å². The molecule has 0 fully saturated rings. The SMILES string of the molecule is CCCCC1(CCCC)CS(=O)(=O)c2ccc(F)cc2C(c2ccc(OC)cc2)=N1. The molecular weight excluding hydrogens is 401 g/mol. The van der Waals surface area contributed by atoms with Gasteiger partial charge in [-0.1, -0.05) is 39.5 Å². The second kappa shape index (κ2) is 9.29. The van der Waals surface area contributed by atoms with Gasteiger partial charge in [0.05, 0.1) is 29.0 Å². The Morgan fingerprint density at radius 1 is 1.03 bits per heavy atom. The number of ether oxygens (including phenoxy) is 1. The van der Waals surface area contributed by atoms with E-state index in [2.05, 4.69) is 13.8 Å². The average molecular weight is 432 g/mol. The number of fused-ring (bicyclic) bond motifs is 1. The van der Waals surface area contributed by atoms with Gasteiger partial charge in [0.2, 0.25) is 0 Å². The van der Waals surface area contributed by atoms with Crippen molar-refractivity contribution in [3.63, 3.8) is 0 Å². The molecule has 0 saturated carbocycles. The van der Waals surface area contributed by atoms with Crippen molar-refractivity contribution in [1.29, 1.82) is 0 Å². The third kappa shape index (κ3) is 4.75. The topological polar surface area (TPSA) is 55.7 Å². The fourth-order valence-electron chi connectivity index (χ4n) is 4.08. The molecule has 0 atom stereocenters. The highest BCUT2D eigenvalue weighted by Gasteiger charge is 2.40. The predicted molar refractivity (Wildman–Crippen MR) is 119 cm³/mol. The van der Waals surface area contributed by atoms with E-state index in [0.29, 0.717) is 29.9 Å². The van der Waals surface area contributed by atoms with Crippen LogP contribution in [0.2, 0.25) is 0 Å². The van der Waals surface area contributed by atoms with Gasteiger partial charge >= 0.3 is 0 Å².